The van der Waals surface area contributed by atoms with E-state index in [1.807, 2.05) is 0 Å². The van der Waals surface area contributed by atoms with Gasteiger partial charge in [-0.1, -0.05) is 55.5 Å². The Bertz CT molecular complexity index is 557. The van der Waals surface area contributed by atoms with Gasteiger partial charge in [0.1, 0.15) is 0 Å². The van der Waals surface area contributed by atoms with E-state index in [0.717, 1.165) is 39.1 Å². The predicted octanol–water partition coefficient (Wildman–Crippen LogP) is 3.57. The fourth-order valence-electron chi connectivity index (χ4n) is 3.11. The molecule has 110 valence electrons. The van der Waals surface area contributed by atoms with Crippen molar-refractivity contribution in [3.63, 3.8) is 0 Å². The van der Waals surface area contributed by atoms with E-state index in [2.05, 4.69) is 71.3 Å². The summed E-state index contributed by atoms with van der Waals surface area (Å²) in [5.41, 5.74) is 4.31. The summed E-state index contributed by atoms with van der Waals surface area (Å²) in [6, 6.07) is 19.6. The molecule has 0 saturated carbocycles. The maximum Gasteiger partial charge on any atom is 0.0399 e. The van der Waals surface area contributed by atoms with Gasteiger partial charge in [0, 0.05) is 38.4 Å². The smallest absolute Gasteiger partial charge is 0.0399 e. The lowest BCUT2D eigenvalue weighted by Gasteiger charge is -2.37. The molecule has 1 aliphatic heterocycles. The third-order valence-corrected chi connectivity index (χ3v) is 4.33. The number of nitrogens with zero attached hydrogens (tertiary/aromatic N) is 2. The zero-order chi connectivity index (χ0) is 14.5. The van der Waals surface area contributed by atoms with Crippen molar-refractivity contribution in [3.05, 3.63) is 65.7 Å². The number of hydrogen-bond donors (Lipinski definition) is 0. The molecule has 21 heavy (non-hydrogen) atoms. The Balaban J connectivity index is 1.60. The van der Waals surface area contributed by atoms with Crippen LogP contribution in [0.5, 0.6) is 0 Å². The van der Waals surface area contributed by atoms with E-state index in [1.165, 1.54) is 16.8 Å². The highest BCUT2D eigenvalue weighted by atomic mass is 15.3. The van der Waals surface area contributed by atoms with Crippen LogP contribution in [0.3, 0.4) is 0 Å². The first-order chi connectivity index (χ1) is 10.4. The number of piperazine rings is 1. The maximum absolute atomic E-state index is 2.56. The monoisotopic (exact) mass is 280 g/mol. The molecule has 2 heteroatoms. The average molecular weight is 280 g/mol. The van der Waals surface area contributed by atoms with Gasteiger partial charge in [0.25, 0.3) is 0 Å². The lowest BCUT2D eigenvalue weighted by molar-refractivity contribution is 0.250. The molecule has 2 aromatic carbocycles. The first-order valence-corrected chi connectivity index (χ1v) is 7.96. The Morgan fingerprint density at radius 1 is 0.810 bits per heavy atom. The van der Waals surface area contributed by atoms with E-state index in [0.29, 0.717) is 0 Å². The van der Waals surface area contributed by atoms with Crippen LogP contribution in [0.15, 0.2) is 54.6 Å². The highest BCUT2D eigenvalue weighted by Crippen LogP contribution is 2.22. The summed E-state index contributed by atoms with van der Waals surface area (Å²) in [7, 11) is 0. The average Bonchev–Trinajstić information content (AvgIpc) is 2.56. The standard InChI is InChI=1S/C19H24N2/c1-2-18-10-6-7-11-19(18)21-14-12-20(13-15-21)16-17-8-4-3-5-9-17/h3-11H,2,12-16H2,1H3. The van der Waals surface area contributed by atoms with Crippen molar-refractivity contribution in [2.75, 3.05) is 31.1 Å². The summed E-state index contributed by atoms with van der Waals surface area (Å²) in [6.07, 6.45) is 1.11. The fourth-order valence-corrected chi connectivity index (χ4v) is 3.11. The van der Waals surface area contributed by atoms with Crippen molar-refractivity contribution < 1.29 is 0 Å². The van der Waals surface area contributed by atoms with Crippen LogP contribution in [0, 0.1) is 0 Å². The number of aryl methyl sites for hydroxylation is 1. The molecule has 0 amide bonds. The topological polar surface area (TPSA) is 6.48 Å². The lowest BCUT2D eigenvalue weighted by Crippen LogP contribution is -2.46. The van der Waals surface area contributed by atoms with Crippen LogP contribution in [0.4, 0.5) is 5.69 Å². The van der Waals surface area contributed by atoms with Gasteiger partial charge in [0.2, 0.25) is 0 Å². The molecule has 0 atom stereocenters. The Kier molecular flexibility index (Phi) is 4.56. The molecular formula is C19H24N2. The highest BCUT2D eigenvalue weighted by Gasteiger charge is 2.18. The van der Waals surface area contributed by atoms with E-state index in [1.54, 1.807) is 0 Å². The first kappa shape index (κ1) is 14.2. The normalized spacial score (nSPS) is 16.1. The zero-order valence-electron chi connectivity index (χ0n) is 12.8. The minimum absolute atomic E-state index is 1.07. The second kappa shape index (κ2) is 6.77. The summed E-state index contributed by atoms with van der Waals surface area (Å²) < 4.78 is 0. The van der Waals surface area contributed by atoms with E-state index in [9.17, 15) is 0 Å². The molecule has 1 heterocycles. The largest absolute Gasteiger partial charge is 0.369 e. The van der Waals surface area contributed by atoms with Gasteiger partial charge in [0.15, 0.2) is 0 Å². The minimum Gasteiger partial charge on any atom is -0.369 e. The number of anilines is 1. The van der Waals surface area contributed by atoms with Crippen LogP contribution in [0.25, 0.3) is 0 Å². The van der Waals surface area contributed by atoms with Crippen LogP contribution in [-0.4, -0.2) is 31.1 Å². The van der Waals surface area contributed by atoms with E-state index in [-0.39, 0.29) is 0 Å². The fraction of sp³-hybridized carbons (Fsp3) is 0.368. The molecule has 0 aromatic heterocycles. The van der Waals surface area contributed by atoms with Crippen molar-refractivity contribution in [1.82, 2.24) is 4.90 Å². The Labute approximate surface area is 128 Å². The van der Waals surface area contributed by atoms with Crippen LogP contribution in [0.1, 0.15) is 18.1 Å². The molecule has 0 N–H and O–H groups in total. The van der Waals surface area contributed by atoms with Crippen LogP contribution < -0.4 is 4.90 Å². The third-order valence-electron chi connectivity index (χ3n) is 4.33. The lowest BCUT2D eigenvalue weighted by atomic mass is 10.1. The molecule has 0 unspecified atom stereocenters. The van der Waals surface area contributed by atoms with Crippen molar-refractivity contribution >= 4 is 5.69 Å². The summed E-state index contributed by atoms with van der Waals surface area (Å²) in [6.45, 7) is 7.86. The molecule has 2 aromatic rings. The quantitative estimate of drug-likeness (QED) is 0.845. The summed E-state index contributed by atoms with van der Waals surface area (Å²) in [4.78, 5) is 5.10. The molecule has 1 saturated heterocycles. The van der Waals surface area contributed by atoms with E-state index in [4.69, 9.17) is 0 Å². The molecule has 1 aliphatic rings. The zero-order valence-corrected chi connectivity index (χ0v) is 12.8. The maximum atomic E-state index is 2.56. The molecule has 0 spiro atoms. The van der Waals surface area contributed by atoms with Gasteiger partial charge in [-0.3, -0.25) is 4.90 Å². The molecular weight excluding hydrogens is 256 g/mol. The number of para-hydroxylation sites is 1. The highest BCUT2D eigenvalue weighted by molar-refractivity contribution is 5.54. The van der Waals surface area contributed by atoms with Crippen molar-refractivity contribution in [1.29, 1.82) is 0 Å². The second-order valence-electron chi connectivity index (χ2n) is 5.73. The summed E-state index contributed by atoms with van der Waals surface area (Å²) in [5.74, 6) is 0. The molecule has 0 aliphatic carbocycles. The van der Waals surface area contributed by atoms with E-state index < -0.39 is 0 Å². The van der Waals surface area contributed by atoms with Gasteiger partial charge in [-0.25, -0.2) is 0 Å². The second-order valence-corrected chi connectivity index (χ2v) is 5.73. The van der Waals surface area contributed by atoms with Gasteiger partial charge in [-0.2, -0.15) is 0 Å². The van der Waals surface area contributed by atoms with Crippen LogP contribution in [-0.2, 0) is 13.0 Å². The third kappa shape index (κ3) is 3.45. The van der Waals surface area contributed by atoms with Gasteiger partial charge in [-0.05, 0) is 23.6 Å². The molecule has 1 fully saturated rings. The van der Waals surface area contributed by atoms with Crippen LogP contribution in [0.2, 0.25) is 0 Å². The molecule has 0 radical (unpaired) electrons. The SMILES string of the molecule is CCc1ccccc1N1CCN(Cc2ccccc2)CC1. The van der Waals surface area contributed by atoms with Gasteiger partial charge < -0.3 is 4.90 Å². The Hall–Kier alpha value is -1.80. The van der Waals surface area contributed by atoms with Crippen molar-refractivity contribution in [3.8, 4) is 0 Å². The molecule has 2 nitrogen and oxygen atoms in total. The Morgan fingerprint density at radius 2 is 1.48 bits per heavy atom. The number of rotatable bonds is 4. The van der Waals surface area contributed by atoms with Crippen molar-refractivity contribution in [2.45, 2.75) is 19.9 Å². The summed E-state index contributed by atoms with van der Waals surface area (Å²) >= 11 is 0. The predicted molar refractivity (Wildman–Crippen MR) is 89.8 cm³/mol. The van der Waals surface area contributed by atoms with Gasteiger partial charge in [0.05, 0.1) is 0 Å². The molecule has 3 rings (SSSR count). The van der Waals surface area contributed by atoms with Gasteiger partial charge in [-0.15, -0.1) is 0 Å². The van der Waals surface area contributed by atoms with E-state index >= 15 is 0 Å². The minimum atomic E-state index is 1.07. The summed E-state index contributed by atoms with van der Waals surface area (Å²) in [5, 5.41) is 0. The first-order valence-electron chi connectivity index (χ1n) is 7.96. The Morgan fingerprint density at radius 3 is 2.19 bits per heavy atom. The molecule has 0 bridgehead atoms. The van der Waals surface area contributed by atoms with Crippen LogP contribution >= 0.6 is 0 Å². The van der Waals surface area contributed by atoms with Gasteiger partial charge >= 0.3 is 0 Å². The number of hydrogen-bond acceptors (Lipinski definition) is 2. The van der Waals surface area contributed by atoms with Crippen molar-refractivity contribution in [2.24, 2.45) is 0 Å². The number of benzene rings is 2.